The molecule has 0 aliphatic heterocycles. The third-order valence-corrected chi connectivity index (χ3v) is 3.43. The van der Waals surface area contributed by atoms with E-state index in [2.05, 4.69) is 15.4 Å². The van der Waals surface area contributed by atoms with Crippen molar-refractivity contribution in [1.29, 1.82) is 0 Å². The first-order valence-electron chi connectivity index (χ1n) is 6.19. The quantitative estimate of drug-likeness (QED) is 0.779. The molecular weight excluding hydrogens is 292 g/mol. The number of carbonyl (C=O) groups is 1. The molecule has 3 aromatic rings. The van der Waals surface area contributed by atoms with Gasteiger partial charge >= 0.3 is 6.09 Å². The Kier molecular flexibility index (Phi) is 3.45. The van der Waals surface area contributed by atoms with Crippen molar-refractivity contribution < 1.29 is 9.90 Å². The van der Waals surface area contributed by atoms with Gasteiger partial charge in [0.15, 0.2) is 0 Å². The van der Waals surface area contributed by atoms with Crippen LogP contribution in [0.4, 0.5) is 4.79 Å². The molecule has 1 amide bonds. The first-order chi connectivity index (χ1) is 10.1. The van der Waals surface area contributed by atoms with Crippen LogP contribution in [-0.4, -0.2) is 25.8 Å². The second-order valence-electron chi connectivity index (χ2n) is 4.40. The van der Waals surface area contributed by atoms with Crippen LogP contribution in [-0.2, 0) is 6.54 Å². The van der Waals surface area contributed by atoms with E-state index in [1.807, 2.05) is 12.1 Å². The highest BCUT2D eigenvalue weighted by Gasteiger charge is 2.09. The van der Waals surface area contributed by atoms with Crippen molar-refractivity contribution in [2.75, 3.05) is 0 Å². The van der Waals surface area contributed by atoms with Crippen molar-refractivity contribution in [3.63, 3.8) is 0 Å². The van der Waals surface area contributed by atoms with Gasteiger partial charge in [0.05, 0.1) is 17.4 Å². The van der Waals surface area contributed by atoms with Crippen LogP contribution < -0.4 is 5.32 Å². The summed E-state index contributed by atoms with van der Waals surface area (Å²) < 4.78 is 1.73. The lowest BCUT2D eigenvalue weighted by Gasteiger charge is -2.08. The van der Waals surface area contributed by atoms with Crippen molar-refractivity contribution in [3.05, 3.63) is 53.4 Å². The molecule has 21 heavy (non-hydrogen) atoms. The molecular formula is C14H11ClN4O2. The first-order valence-corrected chi connectivity index (χ1v) is 6.57. The minimum atomic E-state index is -1.08. The van der Waals surface area contributed by atoms with Gasteiger partial charge < -0.3 is 10.4 Å². The van der Waals surface area contributed by atoms with Crippen molar-refractivity contribution in [2.45, 2.75) is 6.54 Å². The molecule has 0 atom stereocenters. The van der Waals surface area contributed by atoms with Crippen LogP contribution >= 0.6 is 11.6 Å². The number of nitrogens with one attached hydrogen (secondary N) is 1. The number of rotatable bonds is 3. The summed E-state index contributed by atoms with van der Waals surface area (Å²) in [6.07, 6.45) is 4.06. The monoisotopic (exact) mass is 302 g/mol. The number of fused-ring (bicyclic) bond motifs is 1. The van der Waals surface area contributed by atoms with Gasteiger partial charge in [-0.15, -0.1) is 0 Å². The van der Waals surface area contributed by atoms with E-state index in [0.29, 0.717) is 10.6 Å². The maximum Gasteiger partial charge on any atom is 0.404 e. The van der Waals surface area contributed by atoms with E-state index in [1.165, 1.54) is 0 Å². The van der Waals surface area contributed by atoms with E-state index in [-0.39, 0.29) is 6.54 Å². The standard InChI is InChI=1S/C14H11ClN4O2/c15-11-7-9(1-2-10(11)8-17-14(20)21)13-12-3-4-18-19(12)6-5-16-13/h1-7,17H,8H2,(H,20,21). The third-order valence-electron chi connectivity index (χ3n) is 3.08. The summed E-state index contributed by atoms with van der Waals surface area (Å²) in [5.41, 5.74) is 3.22. The molecule has 106 valence electrons. The van der Waals surface area contributed by atoms with Crippen LogP contribution in [0, 0.1) is 0 Å². The van der Waals surface area contributed by atoms with Gasteiger partial charge in [0, 0.05) is 29.5 Å². The summed E-state index contributed by atoms with van der Waals surface area (Å²) in [5.74, 6) is 0. The Hall–Kier alpha value is -2.60. The van der Waals surface area contributed by atoms with E-state index < -0.39 is 6.09 Å². The summed E-state index contributed by atoms with van der Waals surface area (Å²) in [6.45, 7) is 0.165. The van der Waals surface area contributed by atoms with E-state index in [0.717, 1.165) is 16.8 Å². The summed E-state index contributed by atoms with van der Waals surface area (Å²) in [6, 6.07) is 7.29. The molecule has 2 N–H and O–H groups in total. The smallest absolute Gasteiger partial charge is 0.404 e. The van der Waals surface area contributed by atoms with Crippen LogP contribution in [0.1, 0.15) is 5.56 Å². The number of carboxylic acid groups (broad SMARTS) is 1. The van der Waals surface area contributed by atoms with E-state index in [4.69, 9.17) is 16.7 Å². The molecule has 0 saturated carbocycles. The lowest BCUT2D eigenvalue weighted by molar-refractivity contribution is 0.194. The van der Waals surface area contributed by atoms with Crippen LogP contribution in [0.15, 0.2) is 42.9 Å². The van der Waals surface area contributed by atoms with Crippen LogP contribution in [0.25, 0.3) is 16.8 Å². The molecule has 0 radical (unpaired) electrons. The highest BCUT2D eigenvalue weighted by atomic mass is 35.5. The Balaban J connectivity index is 1.98. The minimum Gasteiger partial charge on any atom is -0.465 e. The molecule has 0 aliphatic carbocycles. The predicted molar refractivity (Wildman–Crippen MR) is 78.3 cm³/mol. The predicted octanol–water partition coefficient (Wildman–Crippen LogP) is 2.82. The maximum absolute atomic E-state index is 10.5. The fourth-order valence-electron chi connectivity index (χ4n) is 2.09. The largest absolute Gasteiger partial charge is 0.465 e. The summed E-state index contributed by atoms with van der Waals surface area (Å²) in [5, 5.41) is 15.6. The topological polar surface area (TPSA) is 79.5 Å². The van der Waals surface area contributed by atoms with E-state index in [9.17, 15) is 4.79 Å². The second-order valence-corrected chi connectivity index (χ2v) is 4.81. The first kappa shape index (κ1) is 13.4. The van der Waals surface area contributed by atoms with Gasteiger partial charge in [-0.3, -0.25) is 4.98 Å². The van der Waals surface area contributed by atoms with Crippen molar-refractivity contribution >= 4 is 23.2 Å². The minimum absolute atomic E-state index is 0.165. The Morgan fingerprint density at radius 2 is 2.19 bits per heavy atom. The summed E-state index contributed by atoms with van der Waals surface area (Å²) in [7, 11) is 0. The van der Waals surface area contributed by atoms with Gasteiger partial charge in [0.25, 0.3) is 0 Å². The van der Waals surface area contributed by atoms with Gasteiger partial charge in [-0.1, -0.05) is 23.7 Å². The summed E-state index contributed by atoms with van der Waals surface area (Å²) >= 11 is 6.20. The van der Waals surface area contributed by atoms with Crippen molar-refractivity contribution in [2.24, 2.45) is 0 Å². The van der Waals surface area contributed by atoms with Gasteiger partial charge in [0.2, 0.25) is 0 Å². The zero-order chi connectivity index (χ0) is 14.8. The molecule has 3 rings (SSSR count). The number of hydrogen-bond acceptors (Lipinski definition) is 3. The molecule has 1 aromatic carbocycles. The highest BCUT2D eigenvalue weighted by molar-refractivity contribution is 6.31. The van der Waals surface area contributed by atoms with Crippen LogP contribution in [0.2, 0.25) is 5.02 Å². The number of halogens is 1. The van der Waals surface area contributed by atoms with Crippen LogP contribution in [0.5, 0.6) is 0 Å². The molecule has 0 aliphatic rings. The molecule has 0 bridgehead atoms. The molecule has 6 nitrogen and oxygen atoms in total. The van der Waals surface area contributed by atoms with Gasteiger partial charge in [-0.2, -0.15) is 5.10 Å². The Morgan fingerprint density at radius 1 is 1.33 bits per heavy atom. The molecule has 0 fully saturated rings. The SMILES string of the molecule is O=C(O)NCc1ccc(-c2nccn3nccc23)cc1Cl. The molecule has 2 aromatic heterocycles. The highest BCUT2D eigenvalue weighted by Crippen LogP contribution is 2.27. The molecule has 0 saturated heterocycles. The van der Waals surface area contributed by atoms with Crippen molar-refractivity contribution in [1.82, 2.24) is 19.9 Å². The normalized spacial score (nSPS) is 10.7. The zero-order valence-corrected chi connectivity index (χ0v) is 11.6. The van der Waals surface area contributed by atoms with Gasteiger partial charge in [0.1, 0.15) is 0 Å². The third kappa shape index (κ3) is 2.66. The van der Waals surface area contributed by atoms with E-state index >= 15 is 0 Å². The lowest BCUT2D eigenvalue weighted by Crippen LogP contribution is -2.20. The molecule has 0 spiro atoms. The number of aromatic nitrogens is 3. The second kappa shape index (κ2) is 5.41. The van der Waals surface area contributed by atoms with E-state index in [1.54, 1.807) is 35.2 Å². The Bertz CT molecular complexity index is 816. The van der Waals surface area contributed by atoms with Crippen LogP contribution in [0.3, 0.4) is 0 Å². The lowest BCUT2D eigenvalue weighted by atomic mass is 10.1. The number of amides is 1. The number of benzene rings is 1. The fourth-order valence-corrected chi connectivity index (χ4v) is 2.34. The molecule has 0 unspecified atom stereocenters. The maximum atomic E-state index is 10.5. The fraction of sp³-hybridized carbons (Fsp3) is 0.0714. The number of hydrogen-bond donors (Lipinski definition) is 2. The average molecular weight is 303 g/mol. The average Bonchev–Trinajstić information content (AvgIpc) is 2.94. The number of nitrogens with zero attached hydrogens (tertiary/aromatic N) is 3. The van der Waals surface area contributed by atoms with Crippen molar-refractivity contribution in [3.8, 4) is 11.3 Å². The van der Waals surface area contributed by atoms with Gasteiger partial charge in [-0.25, -0.2) is 9.31 Å². The van der Waals surface area contributed by atoms with Gasteiger partial charge in [-0.05, 0) is 17.7 Å². The summed E-state index contributed by atoms with van der Waals surface area (Å²) in [4.78, 5) is 14.9. The zero-order valence-electron chi connectivity index (χ0n) is 10.8. The molecule has 7 heteroatoms. The molecule has 2 heterocycles. The Labute approximate surface area is 125 Å². The Morgan fingerprint density at radius 3 is 2.95 bits per heavy atom.